The lowest BCUT2D eigenvalue weighted by Crippen LogP contribution is -2.18. The van der Waals surface area contributed by atoms with E-state index in [-0.39, 0.29) is 12.6 Å². The Hall–Kier alpha value is -0.400. The van der Waals surface area contributed by atoms with Crippen molar-refractivity contribution in [1.29, 1.82) is 5.26 Å². The molecular formula is C4H9N2O3P. The molecule has 6 heteroatoms. The normalized spacial score (nSPS) is 14.2. The zero-order chi connectivity index (χ0) is 8.20. The SMILES string of the molecule is N#CC(N)CCP(=O)(O)O. The zero-order valence-corrected chi connectivity index (χ0v) is 6.16. The number of nitrogens with two attached hydrogens (primary N) is 1. The first kappa shape index (κ1) is 9.60. The Labute approximate surface area is 58.6 Å². The van der Waals surface area contributed by atoms with Crippen LogP contribution in [0.4, 0.5) is 0 Å². The lowest BCUT2D eigenvalue weighted by atomic mass is 10.3. The van der Waals surface area contributed by atoms with Crippen LogP contribution in [0, 0.1) is 11.3 Å². The lowest BCUT2D eigenvalue weighted by Gasteiger charge is -2.03. The highest BCUT2D eigenvalue weighted by Crippen LogP contribution is 2.34. The number of hydrogen-bond acceptors (Lipinski definition) is 3. The second-order valence-electron chi connectivity index (χ2n) is 1.91. The Morgan fingerprint density at radius 1 is 1.70 bits per heavy atom. The van der Waals surface area contributed by atoms with E-state index in [1.54, 1.807) is 6.07 Å². The van der Waals surface area contributed by atoms with Crippen molar-refractivity contribution in [3.05, 3.63) is 0 Å². The summed E-state index contributed by atoms with van der Waals surface area (Å²) in [5.41, 5.74) is 5.08. The molecule has 0 saturated heterocycles. The third-order valence-electron chi connectivity index (χ3n) is 0.897. The van der Waals surface area contributed by atoms with Crippen molar-refractivity contribution in [2.24, 2.45) is 5.73 Å². The molecule has 0 aliphatic rings. The van der Waals surface area contributed by atoms with Crippen LogP contribution < -0.4 is 5.73 Å². The van der Waals surface area contributed by atoms with Crippen LogP contribution in [0.5, 0.6) is 0 Å². The molecule has 5 nitrogen and oxygen atoms in total. The Morgan fingerprint density at radius 3 is 2.50 bits per heavy atom. The van der Waals surface area contributed by atoms with Crippen molar-refractivity contribution in [2.75, 3.05) is 6.16 Å². The van der Waals surface area contributed by atoms with Gasteiger partial charge in [0.15, 0.2) is 0 Å². The Kier molecular flexibility index (Phi) is 3.54. The molecule has 0 aromatic carbocycles. The van der Waals surface area contributed by atoms with Gasteiger partial charge < -0.3 is 15.5 Å². The van der Waals surface area contributed by atoms with Gasteiger partial charge in [0.2, 0.25) is 0 Å². The minimum absolute atomic E-state index is 0.0424. The summed E-state index contributed by atoms with van der Waals surface area (Å²) in [5, 5.41) is 8.10. The second-order valence-corrected chi connectivity index (χ2v) is 3.69. The Balaban J connectivity index is 3.58. The molecule has 0 amide bonds. The van der Waals surface area contributed by atoms with Crippen molar-refractivity contribution in [1.82, 2.24) is 0 Å². The van der Waals surface area contributed by atoms with E-state index in [2.05, 4.69) is 0 Å². The van der Waals surface area contributed by atoms with Gasteiger partial charge in [-0.15, -0.1) is 0 Å². The predicted octanol–water partition coefficient (Wildman–Crippen LogP) is -0.595. The monoisotopic (exact) mass is 164 g/mol. The van der Waals surface area contributed by atoms with E-state index < -0.39 is 13.6 Å². The topological polar surface area (TPSA) is 107 Å². The molecule has 10 heavy (non-hydrogen) atoms. The largest absolute Gasteiger partial charge is 0.325 e. The molecule has 4 N–H and O–H groups in total. The fraction of sp³-hybridized carbons (Fsp3) is 0.750. The highest BCUT2D eigenvalue weighted by atomic mass is 31.2. The molecule has 1 unspecified atom stereocenters. The predicted molar refractivity (Wildman–Crippen MR) is 35.1 cm³/mol. The van der Waals surface area contributed by atoms with Crippen LogP contribution in [-0.2, 0) is 4.57 Å². The number of nitrogens with zero attached hydrogens (tertiary/aromatic N) is 1. The summed E-state index contributed by atoms with van der Waals surface area (Å²) in [6.45, 7) is 0. The number of hydrogen-bond donors (Lipinski definition) is 3. The third-order valence-corrected chi connectivity index (χ3v) is 1.74. The molecule has 0 aromatic heterocycles. The molecule has 0 heterocycles. The average Bonchev–Trinajstić information content (AvgIpc) is 1.81. The van der Waals surface area contributed by atoms with Crippen molar-refractivity contribution in [2.45, 2.75) is 12.5 Å². The first-order valence-electron chi connectivity index (χ1n) is 2.65. The molecule has 0 rings (SSSR count). The molecule has 0 fully saturated rings. The maximum Gasteiger partial charge on any atom is 0.325 e. The summed E-state index contributed by atoms with van der Waals surface area (Å²) in [7, 11) is -3.96. The lowest BCUT2D eigenvalue weighted by molar-refractivity contribution is 0.371. The van der Waals surface area contributed by atoms with E-state index in [9.17, 15) is 4.57 Å². The molecule has 0 aliphatic carbocycles. The third kappa shape index (κ3) is 5.73. The first-order chi connectivity index (χ1) is 4.45. The van der Waals surface area contributed by atoms with Gasteiger partial charge in [0.05, 0.1) is 18.3 Å². The molecule has 1 atom stereocenters. The fourth-order valence-electron chi connectivity index (χ4n) is 0.372. The maximum absolute atomic E-state index is 10.2. The summed E-state index contributed by atoms with van der Waals surface area (Å²) in [4.78, 5) is 16.6. The van der Waals surface area contributed by atoms with Crippen LogP contribution in [-0.4, -0.2) is 22.0 Å². The van der Waals surface area contributed by atoms with E-state index >= 15 is 0 Å². The summed E-state index contributed by atoms with van der Waals surface area (Å²) in [6, 6.07) is 0.901. The van der Waals surface area contributed by atoms with Gasteiger partial charge in [-0.3, -0.25) is 4.57 Å². The highest BCUT2D eigenvalue weighted by molar-refractivity contribution is 7.51. The molecule has 0 bridgehead atoms. The van der Waals surface area contributed by atoms with Crippen LogP contribution in [0.25, 0.3) is 0 Å². The quantitative estimate of drug-likeness (QED) is 0.483. The summed E-state index contributed by atoms with van der Waals surface area (Å²) in [5.74, 6) is 0. The van der Waals surface area contributed by atoms with E-state index in [0.717, 1.165) is 0 Å². The van der Waals surface area contributed by atoms with Crippen LogP contribution in [0.3, 0.4) is 0 Å². The van der Waals surface area contributed by atoms with Gasteiger partial charge >= 0.3 is 7.60 Å². The minimum atomic E-state index is -3.96. The zero-order valence-electron chi connectivity index (χ0n) is 5.27. The van der Waals surface area contributed by atoms with Crippen LogP contribution >= 0.6 is 7.60 Å². The fourth-order valence-corrected chi connectivity index (χ4v) is 0.986. The van der Waals surface area contributed by atoms with Crippen molar-refractivity contribution >= 4 is 7.60 Å². The average molecular weight is 164 g/mol. The van der Waals surface area contributed by atoms with E-state index in [1.165, 1.54) is 0 Å². The molecule has 58 valence electrons. The molecule has 0 aliphatic heterocycles. The Morgan fingerprint density at radius 2 is 2.20 bits per heavy atom. The highest BCUT2D eigenvalue weighted by Gasteiger charge is 2.14. The van der Waals surface area contributed by atoms with E-state index in [1.807, 2.05) is 0 Å². The van der Waals surface area contributed by atoms with Gasteiger partial charge in [-0.2, -0.15) is 5.26 Å². The number of nitriles is 1. The first-order valence-corrected chi connectivity index (χ1v) is 4.45. The molecule has 0 saturated carbocycles. The van der Waals surface area contributed by atoms with Crippen molar-refractivity contribution in [3.8, 4) is 6.07 Å². The van der Waals surface area contributed by atoms with Gasteiger partial charge in [0, 0.05) is 0 Å². The smallest absolute Gasteiger partial charge is 0.324 e. The van der Waals surface area contributed by atoms with Crippen LogP contribution in [0.2, 0.25) is 0 Å². The minimum Gasteiger partial charge on any atom is -0.324 e. The standard InChI is InChI=1S/C4H9N2O3P/c5-3-4(6)1-2-10(7,8)9/h4H,1-2,6H2,(H2,7,8,9). The molecular weight excluding hydrogens is 155 g/mol. The summed E-state index contributed by atoms with van der Waals surface area (Å²) >= 11 is 0. The summed E-state index contributed by atoms with van der Waals surface area (Å²) in [6.07, 6.45) is -0.275. The maximum atomic E-state index is 10.2. The number of rotatable bonds is 3. The molecule has 0 radical (unpaired) electrons. The molecule has 0 aromatic rings. The van der Waals surface area contributed by atoms with Gasteiger partial charge in [-0.25, -0.2) is 0 Å². The van der Waals surface area contributed by atoms with Crippen LogP contribution in [0.1, 0.15) is 6.42 Å². The van der Waals surface area contributed by atoms with Gasteiger partial charge in [0.25, 0.3) is 0 Å². The second kappa shape index (κ2) is 3.69. The van der Waals surface area contributed by atoms with Gasteiger partial charge in [-0.1, -0.05) is 0 Å². The summed E-state index contributed by atoms with van der Waals surface area (Å²) < 4.78 is 10.2. The van der Waals surface area contributed by atoms with Crippen molar-refractivity contribution < 1.29 is 14.4 Å². The van der Waals surface area contributed by atoms with E-state index in [0.29, 0.717) is 0 Å². The van der Waals surface area contributed by atoms with Gasteiger partial charge in [-0.05, 0) is 6.42 Å². The van der Waals surface area contributed by atoms with E-state index in [4.69, 9.17) is 20.8 Å². The van der Waals surface area contributed by atoms with Crippen molar-refractivity contribution in [3.63, 3.8) is 0 Å². The van der Waals surface area contributed by atoms with Gasteiger partial charge in [0.1, 0.15) is 0 Å². The molecule has 0 spiro atoms. The Bertz CT molecular complexity index is 181. The van der Waals surface area contributed by atoms with Crippen LogP contribution in [0.15, 0.2) is 0 Å².